The van der Waals surface area contributed by atoms with Crippen molar-refractivity contribution in [1.29, 1.82) is 0 Å². The molecule has 0 saturated carbocycles. The number of fused-ring (bicyclic) bond motifs is 1. The highest BCUT2D eigenvalue weighted by Gasteiger charge is 2.46. The van der Waals surface area contributed by atoms with E-state index in [1.807, 2.05) is 5.32 Å². The third kappa shape index (κ3) is 22.4. The van der Waals surface area contributed by atoms with Gasteiger partial charge in [0.25, 0.3) is 11.5 Å². The van der Waals surface area contributed by atoms with E-state index in [9.17, 15) is 140 Å². The number of aliphatic carboxylic acids is 2. The Bertz CT molecular complexity index is 3050. The number of anilines is 2. The van der Waals surface area contributed by atoms with Crippen LogP contribution in [0, 0.1) is 0 Å². The first kappa shape index (κ1) is 78.2. The van der Waals surface area contributed by atoms with E-state index in [4.69, 9.17) is 5.73 Å². The maximum atomic E-state index is 14.3. The lowest BCUT2D eigenvalue weighted by molar-refractivity contribution is -0.149. The van der Waals surface area contributed by atoms with Crippen molar-refractivity contribution in [2.24, 2.45) is 0 Å². The van der Waals surface area contributed by atoms with Crippen LogP contribution < -0.4 is 53.8 Å². The second-order valence-corrected chi connectivity index (χ2v) is 20.9. The second-order valence-electron chi connectivity index (χ2n) is 20.5. The number of H-pyrrole nitrogens is 1. The van der Waals surface area contributed by atoms with E-state index >= 15 is 0 Å². The predicted molar refractivity (Wildman–Crippen MR) is 308 cm³/mol. The standard InChI is InChI=1S/C50H75N13O28S/c1-16(54-42(83)17-3-5-18(6-4-17)52-9-19-10-53-41-32(55-19)48(89)63-50(51)62-41)2-7-26(72)58-28(37(79)33(75)22(68)11-64)46(87)61-31(40(82)36(78)25(71)14-67)47(88)60-30(39(81)35(77)24(70)13-66)44(85)56-20(8-27(73)74)43(84)59-29(38(80)34(76)23(69)12-65)45(86)57-21(15-92)49(90)91/h3-6,10,16,20-25,28-31,33-40,52,64-71,75-82,92H,2,7-9,11-15H2,1H3,(H,54,83)(H,56,85)(H,57,86)(H,58,72)(H,59,84)(H,60,88)(H,61,87)(H,73,74)(H,90,91)(H3,51,53,62,63,89)/t16-,20?,21-,22-,23-,24-,25+,28+,29+,30+,31+,33-,34-,35-,36+,37-,38-,39-,40+/m1/s1. The molecule has 0 aliphatic rings. The van der Waals surface area contributed by atoms with E-state index in [2.05, 4.69) is 43.2 Å². The molecule has 0 radical (unpaired) electrons. The van der Waals surface area contributed by atoms with E-state index in [0.29, 0.717) is 11.4 Å². The molecule has 41 nitrogen and oxygen atoms in total. The summed E-state index contributed by atoms with van der Waals surface area (Å²) in [4.78, 5) is 147. The van der Waals surface area contributed by atoms with Gasteiger partial charge in [-0.05, 0) is 37.6 Å². The topological polar surface area (TPSA) is 712 Å². The number of thiol groups is 1. The largest absolute Gasteiger partial charge is 0.481 e. The molecular weight excluding hydrogens is 1260 g/mol. The molecule has 0 bridgehead atoms. The van der Waals surface area contributed by atoms with Crippen molar-refractivity contribution >= 4 is 88.7 Å². The number of amides is 7. The number of nitrogens with zero attached hydrogens (tertiary/aromatic N) is 3. The molecule has 514 valence electrons. The Labute approximate surface area is 523 Å². The first-order valence-electron chi connectivity index (χ1n) is 27.3. The molecule has 7 amide bonds. The molecule has 0 aliphatic carbocycles. The first-order chi connectivity index (χ1) is 43.2. The quantitative estimate of drug-likeness (QED) is 0.0236. The monoisotopic (exact) mass is 1340 g/mol. The molecule has 0 fully saturated rings. The van der Waals surface area contributed by atoms with Crippen LogP contribution in [0.5, 0.6) is 0 Å². The third-order valence-electron chi connectivity index (χ3n) is 13.5. The van der Waals surface area contributed by atoms with Crippen molar-refractivity contribution in [3.05, 3.63) is 52.1 Å². The third-order valence-corrected chi connectivity index (χ3v) is 13.9. The van der Waals surface area contributed by atoms with Crippen LogP contribution >= 0.6 is 12.6 Å². The van der Waals surface area contributed by atoms with Crippen LogP contribution in [0.25, 0.3) is 11.2 Å². The molecule has 0 spiro atoms. The normalized spacial score (nSPS) is 17.8. The van der Waals surface area contributed by atoms with E-state index in [-0.39, 0.29) is 35.6 Å². The molecule has 0 aliphatic heterocycles. The molecule has 19 atom stereocenters. The van der Waals surface area contributed by atoms with Gasteiger partial charge < -0.3 is 140 Å². The highest BCUT2D eigenvalue weighted by Crippen LogP contribution is 2.16. The summed E-state index contributed by atoms with van der Waals surface area (Å²) in [5.74, 6) is -16.1. The van der Waals surface area contributed by atoms with Gasteiger partial charge in [0.1, 0.15) is 109 Å². The number of hydrogen-bond acceptors (Lipinski definition) is 32. The number of nitrogen functional groups attached to an aromatic ring is 1. The highest BCUT2D eigenvalue weighted by atomic mass is 32.1. The summed E-state index contributed by atoms with van der Waals surface area (Å²) >= 11 is 3.75. The molecule has 2 heterocycles. The van der Waals surface area contributed by atoms with E-state index < -0.39 is 219 Å². The zero-order chi connectivity index (χ0) is 69.6. The molecular formula is C50H75N13O28S. The van der Waals surface area contributed by atoms with Crippen LogP contribution in [-0.2, 0) is 44.9 Å². The number of rotatable bonds is 39. The van der Waals surface area contributed by atoms with Crippen molar-refractivity contribution in [3.63, 3.8) is 0 Å². The van der Waals surface area contributed by atoms with Gasteiger partial charge in [0.15, 0.2) is 11.2 Å². The number of benzene rings is 1. The average molecular weight is 1340 g/mol. The summed E-state index contributed by atoms with van der Waals surface area (Å²) in [5, 5.41) is 201. The Morgan fingerprint density at radius 3 is 1.38 bits per heavy atom. The Kier molecular flexibility index (Phi) is 31.4. The maximum absolute atomic E-state index is 14.3. The number of nitrogens with two attached hydrogens (primary N) is 1. The lowest BCUT2D eigenvalue weighted by Crippen LogP contribution is -2.68. The lowest BCUT2D eigenvalue weighted by Gasteiger charge is -2.35. The molecule has 29 N–H and O–H groups in total. The van der Waals surface area contributed by atoms with Crippen molar-refractivity contribution in [2.75, 3.05) is 43.2 Å². The van der Waals surface area contributed by atoms with Gasteiger partial charge >= 0.3 is 11.9 Å². The van der Waals surface area contributed by atoms with Gasteiger partial charge in [0.05, 0.1) is 51.3 Å². The fourth-order valence-electron chi connectivity index (χ4n) is 8.15. The average Bonchev–Trinajstić information content (AvgIpc) is 0.855. The maximum Gasteiger partial charge on any atom is 0.327 e. The summed E-state index contributed by atoms with van der Waals surface area (Å²) in [6.45, 7) is -3.98. The molecule has 42 heteroatoms. The lowest BCUT2D eigenvalue weighted by atomic mass is 9.96. The summed E-state index contributed by atoms with van der Waals surface area (Å²) < 4.78 is 0. The zero-order valence-electron chi connectivity index (χ0n) is 48.2. The number of aliphatic hydroxyl groups excluding tert-OH is 16. The SMILES string of the molecule is C[C@H](CCC(=O)N[C@H](C(=O)N[C@H](C(=O)N[C@H](C(=O)NC(CC(=O)O)C(=O)N[C@H](C(=O)N[C@H](CS)C(=O)O)[C@@H](O)[C@H](O)[C@H](O)CO)[C@@H](O)[C@H](O)[C@H](O)CO)[C@H](O)[C@@H](O)[C@@H](O)CO)[C@@H](O)[C@H](O)[C@H](O)CO)NC(=O)c1ccc(NCc2cnc3nc(N)[nH]c(=O)c3n2)cc1. The fourth-order valence-corrected chi connectivity index (χ4v) is 8.40. The molecule has 2 aromatic heterocycles. The van der Waals surface area contributed by atoms with E-state index in [0.717, 1.165) is 0 Å². The van der Waals surface area contributed by atoms with Gasteiger partial charge in [-0.1, -0.05) is 0 Å². The number of carbonyl (C=O) groups is 9. The molecule has 3 rings (SSSR count). The Hall–Kier alpha value is -8.02. The van der Waals surface area contributed by atoms with Gasteiger partial charge in [-0.2, -0.15) is 17.6 Å². The van der Waals surface area contributed by atoms with Crippen LogP contribution in [0.4, 0.5) is 11.6 Å². The number of aromatic nitrogens is 4. The predicted octanol–water partition coefficient (Wildman–Crippen LogP) is -14.5. The zero-order valence-corrected chi connectivity index (χ0v) is 49.1. The van der Waals surface area contributed by atoms with Gasteiger partial charge in [-0.15, -0.1) is 0 Å². The van der Waals surface area contributed by atoms with Crippen LogP contribution in [0.2, 0.25) is 0 Å². The first-order valence-corrected chi connectivity index (χ1v) is 27.9. The molecule has 1 aromatic carbocycles. The summed E-state index contributed by atoms with van der Waals surface area (Å²) in [6.07, 6.45) is -32.7. The summed E-state index contributed by atoms with van der Waals surface area (Å²) in [5.41, 5.74) is 5.84. The number of nitrogens with one attached hydrogen (secondary N) is 9. The van der Waals surface area contributed by atoms with E-state index in [1.165, 1.54) is 37.4 Å². The smallest absolute Gasteiger partial charge is 0.327 e. The second kappa shape index (κ2) is 36.9. The van der Waals surface area contributed by atoms with E-state index in [1.54, 1.807) is 26.6 Å². The minimum absolute atomic E-state index is 0.0230. The van der Waals surface area contributed by atoms with Gasteiger partial charge in [-0.3, -0.25) is 48.1 Å². The number of carboxylic acid groups (broad SMARTS) is 2. The van der Waals surface area contributed by atoms with Gasteiger partial charge in [0, 0.05) is 29.5 Å². The molecule has 0 saturated heterocycles. The van der Waals surface area contributed by atoms with Crippen molar-refractivity contribution in [1.82, 2.24) is 57.2 Å². The van der Waals surface area contributed by atoms with Gasteiger partial charge in [0.2, 0.25) is 41.4 Å². The number of aromatic amines is 1. The van der Waals surface area contributed by atoms with Crippen molar-refractivity contribution < 1.29 is 135 Å². The molecule has 92 heavy (non-hydrogen) atoms. The van der Waals surface area contributed by atoms with Crippen LogP contribution in [-0.4, -0.2) is 313 Å². The Balaban J connectivity index is 1.96. The minimum Gasteiger partial charge on any atom is -0.481 e. The number of hydrogen-bond donors (Lipinski definition) is 29. The Morgan fingerprint density at radius 1 is 0.554 bits per heavy atom. The van der Waals surface area contributed by atoms with Crippen molar-refractivity contribution in [2.45, 2.75) is 148 Å². The van der Waals surface area contributed by atoms with Gasteiger partial charge in [-0.25, -0.2) is 14.8 Å². The highest BCUT2D eigenvalue weighted by molar-refractivity contribution is 7.80. The number of carbonyl (C=O) groups excluding carboxylic acids is 7. The molecule has 1 unspecified atom stereocenters. The Morgan fingerprint density at radius 2 is 0.967 bits per heavy atom. The van der Waals surface area contributed by atoms with Crippen LogP contribution in [0.1, 0.15) is 42.2 Å². The fraction of sp³-hybridized carbons (Fsp3) is 0.580. The minimum atomic E-state index is -2.99. The number of carboxylic acids is 2. The molecule has 3 aromatic rings. The van der Waals surface area contributed by atoms with Crippen LogP contribution in [0.3, 0.4) is 0 Å². The summed E-state index contributed by atoms with van der Waals surface area (Å²) in [6, 6.07) is -10.7. The summed E-state index contributed by atoms with van der Waals surface area (Å²) in [7, 11) is 0. The van der Waals surface area contributed by atoms with Crippen LogP contribution in [0.15, 0.2) is 35.3 Å². The van der Waals surface area contributed by atoms with Crippen molar-refractivity contribution in [3.8, 4) is 0 Å². The number of aliphatic hydroxyl groups is 16.